The number of halogens is 2. The van der Waals surface area contributed by atoms with Gasteiger partial charge in [-0.1, -0.05) is 0 Å². The van der Waals surface area contributed by atoms with Gasteiger partial charge in [0.15, 0.2) is 0 Å². The molecule has 92 valence electrons. The first-order chi connectivity index (χ1) is 6.75. The van der Waals surface area contributed by atoms with E-state index in [9.17, 15) is 0 Å². The standard InChI is InChI=1S/C12H18N2.2ClH/c1-9-7-12(8-10(2)14-9)11-3-5-13-6-4-11;;/h7-8,11,13H,3-6H2,1-2H3;2*1H. The Kier molecular flexibility index (Phi) is 6.96. The predicted molar refractivity (Wildman–Crippen MR) is 73.1 cm³/mol. The van der Waals surface area contributed by atoms with Gasteiger partial charge in [-0.25, -0.2) is 0 Å². The maximum atomic E-state index is 4.41. The number of nitrogens with one attached hydrogen (secondary N) is 1. The van der Waals surface area contributed by atoms with Gasteiger partial charge in [-0.15, -0.1) is 24.8 Å². The molecule has 0 spiro atoms. The topological polar surface area (TPSA) is 24.9 Å². The Morgan fingerprint density at radius 2 is 1.56 bits per heavy atom. The Labute approximate surface area is 110 Å². The van der Waals surface area contributed by atoms with Crippen LogP contribution in [0.1, 0.15) is 35.7 Å². The molecule has 1 fully saturated rings. The minimum atomic E-state index is 0. The summed E-state index contributed by atoms with van der Waals surface area (Å²) < 4.78 is 0. The van der Waals surface area contributed by atoms with Crippen LogP contribution in [0.5, 0.6) is 0 Å². The van der Waals surface area contributed by atoms with Crippen molar-refractivity contribution in [2.75, 3.05) is 13.1 Å². The highest BCUT2D eigenvalue weighted by atomic mass is 35.5. The first kappa shape index (κ1) is 15.7. The number of rotatable bonds is 1. The monoisotopic (exact) mass is 262 g/mol. The third kappa shape index (κ3) is 3.93. The Hall–Kier alpha value is -0.310. The summed E-state index contributed by atoms with van der Waals surface area (Å²) in [6.45, 7) is 6.48. The molecule has 1 aliphatic rings. The number of hydrogen-bond acceptors (Lipinski definition) is 2. The SMILES string of the molecule is Cc1cc(C2CCNCC2)cc(C)n1.Cl.Cl. The second kappa shape index (κ2) is 7.10. The second-order valence-corrected chi connectivity index (χ2v) is 4.21. The van der Waals surface area contributed by atoms with Crippen LogP contribution in [0.2, 0.25) is 0 Å². The lowest BCUT2D eigenvalue weighted by atomic mass is 9.90. The van der Waals surface area contributed by atoms with Gasteiger partial charge < -0.3 is 5.32 Å². The van der Waals surface area contributed by atoms with E-state index in [2.05, 4.69) is 36.3 Å². The van der Waals surface area contributed by atoms with Crippen LogP contribution in [-0.2, 0) is 0 Å². The van der Waals surface area contributed by atoms with Gasteiger partial charge in [0.2, 0.25) is 0 Å². The molecular formula is C12H20Cl2N2. The van der Waals surface area contributed by atoms with Gasteiger partial charge in [0.05, 0.1) is 0 Å². The molecule has 2 nitrogen and oxygen atoms in total. The van der Waals surface area contributed by atoms with E-state index in [0.717, 1.165) is 30.4 Å². The van der Waals surface area contributed by atoms with Crippen LogP contribution >= 0.6 is 24.8 Å². The van der Waals surface area contributed by atoms with Crippen LogP contribution in [0.15, 0.2) is 12.1 Å². The quantitative estimate of drug-likeness (QED) is 0.842. The van der Waals surface area contributed by atoms with Crippen molar-refractivity contribution in [3.05, 3.63) is 29.1 Å². The molecule has 16 heavy (non-hydrogen) atoms. The van der Waals surface area contributed by atoms with Crippen LogP contribution in [-0.4, -0.2) is 18.1 Å². The first-order valence-corrected chi connectivity index (χ1v) is 5.41. The number of nitrogens with zero attached hydrogens (tertiary/aromatic N) is 1. The lowest BCUT2D eigenvalue weighted by molar-refractivity contribution is 0.460. The Balaban J connectivity index is 0.00000112. The maximum Gasteiger partial charge on any atom is 0.0378 e. The average Bonchev–Trinajstić information content (AvgIpc) is 2.18. The highest BCUT2D eigenvalue weighted by molar-refractivity contribution is 5.85. The molecule has 0 saturated carbocycles. The van der Waals surface area contributed by atoms with Crippen molar-refractivity contribution < 1.29 is 0 Å². The van der Waals surface area contributed by atoms with E-state index >= 15 is 0 Å². The summed E-state index contributed by atoms with van der Waals surface area (Å²) in [6, 6.07) is 4.48. The molecule has 2 rings (SSSR count). The highest BCUT2D eigenvalue weighted by Gasteiger charge is 2.15. The molecule has 1 aromatic heterocycles. The largest absolute Gasteiger partial charge is 0.317 e. The van der Waals surface area contributed by atoms with Crippen LogP contribution in [0, 0.1) is 13.8 Å². The number of piperidine rings is 1. The number of pyridine rings is 1. The summed E-state index contributed by atoms with van der Waals surface area (Å²) in [5, 5.41) is 3.40. The molecule has 0 radical (unpaired) electrons. The molecule has 0 atom stereocenters. The second-order valence-electron chi connectivity index (χ2n) is 4.21. The fourth-order valence-electron chi connectivity index (χ4n) is 2.26. The molecule has 0 aromatic carbocycles. The molecule has 1 saturated heterocycles. The number of aryl methyl sites for hydroxylation is 2. The molecule has 4 heteroatoms. The summed E-state index contributed by atoms with van der Waals surface area (Å²) in [7, 11) is 0. The predicted octanol–water partition coefficient (Wildman–Crippen LogP) is 3.01. The van der Waals surface area contributed by atoms with Crippen LogP contribution in [0.3, 0.4) is 0 Å². The zero-order chi connectivity index (χ0) is 9.97. The van der Waals surface area contributed by atoms with E-state index in [4.69, 9.17) is 0 Å². The summed E-state index contributed by atoms with van der Waals surface area (Å²) >= 11 is 0. The highest BCUT2D eigenvalue weighted by Crippen LogP contribution is 2.25. The molecule has 0 bridgehead atoms. The summed E-state index contributed by atoms with van der Waals surface area (Å²) in [6.07, 6.45) is 2.53. The zero-order valence-corrected chi connectivity index (χ0v) is 11.5. The van der Waals surface area contributed by atoms with Crippen molar-refractivity contribution >= 4 is 24.8 Å². The van der Waals surface area contributed by atoms with E-state index in [-0.39, 0.29) is 24.8 Å². The summed E-state index contributed by atoms with van der Waals surface area (Å²) in [5.41, 5.74) is 3.79. The van der Waals surface area contributed by atoms with Crippen molar-refractivity contribution in [2.24, 2.45) is 0 Å². The zero-order valence-electron chi connectivity index (χ0n) is 9.82. The normalized spacial score (nSPS) is 16.1. The van der Waals surface area contributed by atoms with E-state index in [1.54, 1.807) is 0 Å². The Morgan fingerprint density at radius 1 is 1.06 bits per heavy atom. The van der Waals surface area contributed by atoms with Gasteiger partial charge in [-0.3, -0.25) is 4.98 Å². The van der Waals surface area contributed by atoms with Gasteiger partial charge in [0, 0.05) is 11.4 Å². The molecule has 2 heterocycles. The molecular weight excluding hydrogens is 243 g/mol. The lowest BCUT2D eigenvalue weighted by Crippen LogP contribution is -2.26. The number of aromatic nitrogens is 1. The third-order valence-corrected chi connectivity index (χ3v) is 2.91. The van der Waals surface area contributed by atoms with E-state index < -0.39 is 0 Å². The molecule has 0 unspecified atom stereocenters. The lowest BCUT2D eigenvalue weighted by Gasteiger charge is -2.23. The summed E-state index contributed by atoms with van der Waals surface area (Å²) in [5.74, 6) is 0.747. The number of hydrogen-bond donors (Lipinski definition) is 1. The van der Waals surface area contributed by atoms with Crippen molar-refractivity contribution in [2.45, 2.75) is 32.6 Å². The van der Waals surface area contributed by atoms with E-state index in [0.29, 0.717) is 0 Å². The minimum absolute atomic E-state index is 0. The first-order valence-electron chi connectivity index (χ1n) is 5.41. The molecule has 0 aliphatic carbocycles. The van der Waals surface area contributed by atoms with Gasteiger partial charge >= 0.3 is 0 Å². The van der Waals surface area contributed by atoms with Crippen LogP contribution in [0.4, 0.5) is 0 Å². The maximum absolute atomic E-state index is 4.41. The fraction of sp³-hybridized carbons (Fsp3) is 0.583. The van der Waals surface area contributed by atoms with E-state index in [1.807, 2.05) is 0 Å². The van der Waals surface area contributed by atoms with Crippen molar-refractivity contribution in [3.63, 3.8) is 0 Å². The van der Waals surface area contributed by atoms with Crippen molar-refractivity contribution in [1.82, 2.24) is 10.3 Å². The average molecular weight is 263 g/mol. The van der Waals surface area contributed by atoms with Gasteiger partial charge in [0.25, 0.3) is 0 Å². The molecule has 1 aromatic rings. The van der Waals surface area contributed by atoms with Gasteiger partial charge in [-0.05, 0) is 63.4 Å². The fourth-order valence-corrected chi connectivity index (χ4v) is 2.26. The Bertz CT molecular complexity index is 303. The third-order valence-electron chi connectivity index (χ3n) is 2.91. The summed E-state index contributed by atoms with van der Waals surface area (Å²) in [4.78, 5) is 4.41. The van der Waals surface area contributed by atoms with Crippen molar-refractivity contribution in [3.8, 4) is 0 Å². The van der Waals surface area contributed by atoms with Crippen LogP contribution < -0.4 is 5.32 Å². The Morgan fingerprint density at radius 3 is 2.06 bits per heavy atom. The minimum Gasteiger partial charge on any atom is -0.317 e. The van der Waals surface area contributed by atoms with E-state index in [1.165, 1.54) is 18.4 Å². The molecule has 0 amide bonds. The van der Waals surface area contributed by atoms with Gasteiger partial charge in [-0.2, -0.15) is 0 Å². The smallest absolute Gasteiger partial charge is 0.0378 e. The van der Waals surface area contributed by atoms with Crippen molar-refractivity contribution in [1.29, 1.82) is 0 Å². The molecule has 1 N–H and O–H groups in total. The molecule has 1 aliphatic heterocycles. The van der Waals surface area contributed by atoms with Gasteiger partial charge in [0.1, 0.15) is 0 Å². The van der Waals surface area contributed by atoms with Crippen LogP contribution in [0.25, 0.3) is 0 Å².